The third-order valence-electron chi connectivity index (χ3n) is 3.52. The Bertz CT molecular complexity index is 453. The maximum atomic E-state index is 12.5. The van der Waals surface area contributed by atoms with Gasteiger partial charge in [-0.2, -0.15) is 13.2 Å². The Morgan fingerprint density at radius 1 is 1.38 bits per heavy atom. The summed E-state index contributed by atoms with van der Waals surface area (Å²) in [5, 5.41) is 3.25. The molecule has 1 aliphatic heterocycles. The van der Waals surface area contributed by atoms with Crippen LogP contribution in [0.1, 0.15) is 12.5 Å². The van der Waals surface area contributed by atoms with Crippen LogP contribution in [-0.4, -0.2) is 32.3 Å². The summed E-state index contributed by atoms with van der Waals surface area (Å²) in [7, 11) is 0. The van der Waals surface area contributed by atoms with Gasteiger partial charge in [-0.1, -0.05) is 6.07 Å². The van der Waals surface area contributed by atoms with Crippen molar-refractivity contribution in [3.63, 3.8) is 0 Å². The molecule has 0 aliphatic carbocycles. The van der Waals surface area contributed by atoms with Gasteiger partial charge in [0.1, 0.15) is 12.4 Å². The van der Waals surface area contributed by atoms with Crippen LogP contribution in [0.5, 0.6) is 5.75 Å². The van der Waals surface area contributed by atoms with Crippen LogP contribution < -0.4 is 20.9 Å². The molecule has 3 N–H and O–H groups in total. The lowest BCUT2D eigenvalue weighted by Gasteiger charge is -2.15. The van der Waals surface area contributed by atoms with Crippen molar-refractivity contribution in [2.24, 2.45) is 5.92 Å². The summed E-state index contributed by atoms with van der Waals surface area (Å²) in [5.41, 5.74) is 5.52. The van der Waals surface area contributed by atoms with Crippen molar-refractivity contribution in [3.05, 3.63) is 29.8 Å². The third kappa shape index (κ3) is 4.87. The molecule has 0 bridgehead atoms. The fraction of sp³-hybridized carbons (Fsp3) is 0.571. The number of rotatable bonds is 6. The molecule has 0 saturated carbocycles. The van der Waals surface area contributed by atoms with Gasteiger partial charge in [0, 0.05) is 31.6 Å². The van der Waals surface area contributed by atoms with E-state index in [0.717, 1.165) is 25.2 Å². The minimum absolute atomic E-state index is 0.240. The molecule has 0 aromatic heterocycles. The SMILES string of the molecule is CC1NNCC1CNCCOc1cccc(C(F)(F)F)c1. The molecule has 2 rings (SSSR count). The summed E-state index contributed by atoms with van der Waals surface area (Å²) in [6.07, 6.45) is -4.34. The van der Waals surface area contributed by atoms with Crippen LogP contribution in [0.3, 0.4) is 0 Å². The van der Waals surface area contributed by atoms with Gasteiger partial charge in [-0.05, 0) is 25.1 Å². The number of nitrogens with one attached hydrogen (secondary N) is 3. The average Bonchev–Trinajstić information content (AvgIpc) is 2.83. The van der Waals surface area contributed by atoms with Crippen molar-refractivity contribution in [1.29, 1.82) is 0 Å². The Morgan fingerprint density at radius 2 is 2.19 bits per heavy atom. The van der Waals surface area contributed by atoms with Crippen molar-refractivity contribution < 1.29 is 17.9 Å². The number of alkyl halides is 3. The van der Waals surface area contributed by atoms with Gasteiger partial charge in [0.15, 0.2) is 0 Å². The minimum atomic E-state index is -4.34. The number of halogens is 3. The van der Waals surface area contributed by atoms with Crippen LogP contribution in [-0.2, 0) is 6.18 Å². The summed E-state index contributed by atoms with van der Waals surface area (Å²) >= 11 is 0. The molecule has 1 aromatic carbocycles. The first-order valence-electron chi connectivity index (χ1n) is 6.96. The topological polar surface area (TPSA) is 45.3 Å². The van der Waals surface area contributed by atoms with Crippen molar-refractivity contribution in [1.82, 2.24) is 16.2 Å². The zero-order chi connectivity index (χ0) is 15.3. The second-order valence-corrected chi connectivity index (χ2v) is 5.15. The van der Waals surface area contributed by atoms with E-state index < -0.39 is 11.7 Å². The summed E-state index contributed by atoms with van der Waals surface area (Å²) in [5.74, 6) is 0.739. The molecule has 118 valence electrons. The van der Waals surface area contributed by atoms with E-state index in [1.54, 1.807) is 0 Å². The van der Waals surface area contributed by atoms with Crippen molar-refractivity contribution in [2.45, 2.75) is 19.1 Å². The number of ether oxygens (including phenoxy) is 1. The van der Waals surface area contributed by atoms with Crippen molar-refractivity contribution in [3.8, 4) is 5.75 Å². The average molecular weight is 303 g/mol. The van der Waals surface area contributed by atoms with Gasteiger partial charge in [-0.25, -0.2) is 0 Å². The van der Waals surface area contributed by atoms with Gasteiger partial charge < -0.3 is 10.1 Å². The molecular weight excluding hydrogens is 283 g/mol. The number of hydrogen-bond donors (Lipinski definition) is 3. The molecule has 1 saturated heterocycles. The molecule has 1 aromatic rings. The van der Waals surface area contributed by atoms with Crippen molar-refractivity contribution >= 4 is 0 Å². The molecule has 2 atom stereocenters. The first-order chi connectivity index (χ1) is 9.97. The molecule has 1 fully saturated rings. The van der Waals surface area contributed by atoms with Gasteiger partial charge in [0.25, 0.3) is 0 Å². The molecule has 0 radical (unpaired) electrons. The number of benzene rings is 1. The largest absolute Gasteiger partial charge is 0.492 e. The van der Waals surface area contributed by atoms with Crippen LogP contribution >= 0.6 is 0 Å². The lowest BCUT2D eigenvalue weighted by molar-refractivity contribution is -0.137. The summed E-state index contributed by atoms with van der Waals surface area (Å²) in [6, 6.07) is 5.34. The first-order valence-corrected chi connectivity index (χ1v) is 6.96. The quantitative estimate of drug-likeness (QED) is 0.701. The van der Waals surface area contributed by atoms with Gasteiger partial charge in [-0.15, -0.1) is 0 Å². The zero-order valence-electron chi connectivity index (χ0n) is 11.8. The van der Waals surface area contributed by atoms with Crippen LogP contribution in [0.25, 0.3) is 0 Å². The Balaban J connectivity index is 1.69. The molecule has 21 heavy (non-hydrogen) atoms. The zero-order valence-corrected chi connectivity index (χ0v) is 11.8. The fourth-order valence-electron chi connectivity index (χ4n) is 2.19. The summed E-state index contributed by atoms with van der Waals surface area (Å²) in [6.45, 7) is 4.78. The third-order valence-corrected chi connectivity index (χ3v) is 3.52. The molecule has 4 nitrogen and oxygen atoms in total. The van der Waals surface area contributed by atoms with Crippen LogP contribution in [0.2, 0.25) is 0 Å². The fourth-order valence-corrected chi connectivity index (χ4v) is 2.19. The number of hydrazine groups is 1. The molecule has 2 unspecified atom stereocenters. The van der Waals surface area contributed by atoms with E-state index in [0.29, 0.717) is 25.1 Å². The van der Waals surface area contributed by atoms with Gasteiger partial charge in [-0.3, -0.25) is 10.9 Å². The predicted molar refractivity (Wildman–Crippen MR) is 73.9 cm³/mol. The second-order valence-electron chi connectivity index (χ2n) is 5.15. The Hall–Kier alpha value is -1.31. The first kappa shape index (κ1) is 16.1. The molecule has 1 heterocycles. The van der Waals surface area contributed by atoms with Gasteiger partial charge in [0.05, 0.1) is 5.56 Å². The normalized spacial score (nSPS) is 22.5. The molecule has 1 aliphatic rings. The maximum Gasteiger partial charge on any atom is 0.416 e. The smallest absolute Gasteiger partial charge is 0.416 e. The summed E-state index contributed by atoms with van der Waals surface area (Å²) < 4.78 is 43.0. The lowest BCUT2D eigenvalue weighted by atomic mass is 10.0. The monoisotopic (exact) mass is 303 g/mol. The minimum Gasteiger partial charge on any atom is -0.492 e. The molecule has 0 spiro atoms. The van der Waals surface area contributed by atoms with E-state index in [1.807, 2.05) is 0 Å². The maximum absolute atomic E-state index is 12.5. The van der Waals surface area contributed by atoms with Gasteiger partial charge >= 0.3 is 6.18 Å². The van der Waals surface area contributed by atoms with E-state index in [4.69, 9.17) is 4.74 Å². The lowest BCUT2D eigenvalue weighted by Crippen LogP contribution is -2.34. The highest BCUT2D eigenvalue weighted by Gasteiger charge is 2.30. The highest BCUT2D eigenvalue weighted by molar-refractivity contribution is 5.30. The molecule has 7 heteroatoms. The van der Waals surface area contributed by atoms with Crippen LogP contribution in [0.4, 0.5) is 13.2 Å². The summed E-state index contributed by atoms with van der Waals surface area (Å²) in [4.78, 5) is 0. The van der Waals surface area contributed by atoms with E-state index >= 15 is 0 Å². The Kier molecular flexibility index (Phi) is 5.44. The van der Waals surface area contributed by atoms with E-state index in [9.17, 15) is 13.2 Å². The number of hydrogen-bond acceptors (Lipinski definition) is 4. The Labute approximate surface area is 122 Å². The predicted octanol–water partition coefficient (Wildman–Crippen LogP) is 1.79. The highest BCUT2D eigenvalue weighted by Crippen LogP contribution is 2.31. The van der Waals surface area contributed by atoms with E-state index in [-0.39, 0.29) is 5.75 Å². The van der Waals surface area contributed by atoms with Gasteiger partial charge in [0.2, 0.25) is 0 Å². The molecular formula is C14H20F3N3O. The Morgan fingerprint density at radius 3 is 2.86 bits per heavy atom. The highest BCUT2D eigenvalue weighted by atomic mass is 19.4. The van der Waals surface area contributed by atoms with Crippen LogP contribution in [0.15, 0.2) is 24.3 Å². The standard InChI is InChI=1S/C14H20F3N3O/c1-10-11(9-19-20-10)8-18-5-6-21-13-4-2-3-12(7-13)14(15,16)17/h2-4,7,10-11,18-20H,5-6,8-9H2,1H3. The second kappa shape index (κ2) is 7.11. The van der Waals surface area contributed by atoms with Crippen LogP contribution in [0, 0.1) is 5.92 Å². The van der Waals surface area contributed by atoms with E-state index in [2.05, 4.69) is 23.1 Å². The molecule has 0 amide bonds. The van der Waals surface area contributed by atoms with E-state index in [1.165, 1.54) is 12.1 Å². The van der Waals surface area contributed by atoms with Crippen molar-refractivity contribution in [2.75, 3.05) is 26.2 Å².